The van der Waals surface area contributed by atoms with Gasteiger partial charge in [-0.1, -0.05) is 25.0 Å². The number of carbonyl (C=O) groups excluding carboxylic acids is 2. The molecule has 2 aliphatic rings. The summed E-state index contributed by atoms with van der Waals surface area (Å²) < 4.78 is 54.9. The average molecular weight is 448 g/mol. The molecule has 4 rings (SSSR count). The molecule has 2 fully saturated rings. The molecule has 2 aromatic rings. The van der Waals surface area contributed by atoms with E-state index in [2.05, 4.69) is 4.72 Å². The number of anilines is 1. The Balaban J connectivity index is 1.60. The summed E-state index contributed by atoms with van der Waals surface area (Å²) in [6.07, 6.45) is 3.25. The number of benzene rings is 2. The van der Waals surface area contributed by atoms with E-state index >= 15 is 0 Å². The smallest absolute Gasteiger partial charge is 0.262 e. The molecule has 0 spiro atoms. The van der Waals surface area contributed by atoms with Crippen LogP contribution in [0.15, 0.2) is 41.3 Å². The molecule has 1 saturated carbocycles. The van der Waals surface area contributed by atoms with Crippen molar-refractivity contribution in [3.63, 3.8) is 0 Å². The lowest BCUT2D eigenvalue weighted by Gasteiger charge is -2.19. The minimum absolute atomic E-state index is 0.0155. The van der Waals surface area contributed by atoms with Crippen molar-refractivity contribution in [3.8, 4) is 0 Å². The number of rotatable bonds is 5. The van der Waals surface area contributed by atoms with Crippen LogP contribution in [-0.4, -0.2) is 25.1 Å². The van der Waals surface area contributed by atoms with E-state index in [1.807, 2.05) is 0 Å². The summed E-state index contributed by atoms with van der Waals surface area (Å²) in [5.41, 5.74) is 0.512. The number of nitrogens with zero attached hydrogens (tertiary/aromatic N) is 1. The highest BCUT2D eigenvalue weighted by atomic mass is 32.2. The van der Waals surface area contributed by atoms with Crippen LogP contribution in [0.3, 0.4) is 0 Å². The third-order valence-electron chi connectivity index (χ3n) is 5.99. The molecule has 0 radical (unpaired) electrons. The van der Waals surface area contributed by atoms with Crippen LogP contribution in [0.5, 0.6) is 0 Å². The van der Waals surface area contributed by atoms with Gasteiger partial charge in [0.2, 0.25) is 11.8 Å². The van der Waals surface area contributed by atoms with Crippen molar-refractivity contribution in [1.29, 1.82) is 0 Å². The Morgan fingerprint density at radius 1 is 1.00 bits per heavy atom. The van der Waals surface area contributed by atoms with E-state index in [9.17, 15) is 26.8 Å². The Hall–Kier alpha value is -2.81. The van der Waals surface area contributed by atoms with E-state index in [1.165, 1.54) is 11.0 Å². The first-order chi connectivity index (χ1) is 14.7. The number of amides is 2. The SMILES string of the molecule is Cc1ccc(CN2C(=O)[C@H]3CCCC[C@@H]3C2=O)cc1S(=O)(=O)Nc1ccc(F)cc1F. The summed E-state index contributed by atoms with van der Waals surface area (Å²) in [6.45, 7) is 1.57. The van der Waals surface area contributed by atoms with Gasteiger partial charge in [-0.05, 0) is 49.1 Å². The molecule has 1 aliphatic carbocycles. The van der Waals surface area contributed by atoms with Gasteiger partial charge in [0.25, 0.3) is 10.0 Å². The number of fused-ring (bicyclic) bond motifs is 1. The third-order valence-corrected chi connectivity index (χ3v) is 7.50. The van der Waals surface area contributed by atoms with Gasteiger partial charge in [-0.15, -0.1) is 0 Å². The first-order valence-electron chi connectivity index (χ1n) is 10.1. The molecule has 6 nitrogen and oxygen atoms in total. The second-order valence-electron chi connectivity index (χ2n) is 8.09. The molecule has 2 aromatic carbocycles. The van der Waals surface area contributed by atoms with Gasteiger partial charge in [-0.25, -0.2) is 17.2 Å². The summed E-state index contributed by atoms with van der Waals surface area (Å²) >= 11 is 0. The van der Waals surface area contributed by atoms with E-state index in [1.54, 1.807) is 19.1 Å². The van der Waals surface area contributed by atoms with E-state index in [4.69, 9.17) is 0 Å². The minimum atomic E-state index is -4.18. The summed E-state index contributed by atoms with van der Waals surface area (Å²) in [5, 5.41) is 0. The zero-order valence-corrected chi connectivity index (χ0v) is 17.7. The lowest BCUT2D eigenvalue weighted by atomic mass is 9.81. The number of sulfonamides is 1. The molecule has 2 atom stereocenters. The van der Waals surface area contributed by atoms with Crippen LogP contribution in [-0.2, 0) is 26.2 Å². The van der Waals surface area contributed by atoms with Crippen LogP contribution in [0, 0.1) is 30.4 Å². The standard InChI is InChI=1S/C22H22F2N2O4S/c1-13-6-7-14(12-26-21(27)16-4-2-3-5-17(16)22(26)28)10-20(13)31(29,30)25-19-9-8-15(23)11-18(19)24/h6-11,16-17,25H,2-5,12H2,1H3/t16-,17-/m0/s1. The van der Waals surface area contributed by atoms with E-state index in [-0.39, 0.29) is 40.8 Å². The Morgan fingerprint density at radius 2 is 1.65 bits per heavy atom. The Bertz CT molecular complexity index is 1140. The fourth-order valence-electron chi connectivity index (χ4n) is 4.37. The van der Waals surface area contributed by atoms with Crippen molar-refractivity contribution in [2.75, 3.05) is 4.72 Å². The quantitative estimate of drug-likeness (QED) is 0.707. The Kier molecular flexibility index (Phi) is 5.55. The summed E-state index contributed by atoms with van der Waals surface area (Å²) in [6, 6.07) is 7.16. The van der Waals surface area contributed by atoms with Crippen molar-refractivity contribution < 1.29 is 26.8 Å². The number of aryl methyl sites for hydroxylation is 1. The van der Waals surface area contributed by atoms with Gasteiger partial charge in [0, 0.05) is 6.07 Å². The molecule has 1 aliphatic heterocycles. The van der Waals surface area contributed by atoms with Crippen molar-refractivity contribution in [1.82, 2.24) is 4.90 Å². The van der Waals surface area contributed by atoms with Crippen molar-refractivity contribution in [2.45, 2.75) is 44.0 Å². The molecular weight excluding hydrogens is 426 g/mol. The summed E-state index contributed by atoms with van der Waals surface area (Å²) in [4.78, 5) is 26.5. The maximum absolute atomic E-state index is 13.9. The number of likely N-dealkylation sites (tertiary alicyclic amines) is 1. The number of imide groups is 1. The zero-order chi connectivity index (χ0) is 22.3. The highest BCUT2D eigenvalue weighted by molar-refractivity contribution is 7.92. The summed E-state index contributed by atoms with van der Waals surface area (Å²) in [5.74, 6) is -2.82. The van der Waals surface area contributed by atoms with Crippen LogP contribution >= 0.6 is 0 Å². The van der Waals surface area contributed by atoms with Crippen LogP contribution in [0.25, 0.3) is 0 Å². The molecule has 0 unspecified atom stereocenters. The van der Waals surface area contributed by atoms with E-state index in [0.717, 1.165) is 25.0 Å². The van der Waals surface area contributed by atoms with Gasteiger partial charge in [0.1, 0.15) is 11.6 Å². The number of halogens is 2. The molecule has 1 saturated heterocycles. The van der Waals surface area contributed by atoms with Gasteiger partial charge in [-0.3, -0.25) is 19.2 Å². The molecule has 1 N–H and O–H groups in total. The number of carbonyl (C=O) groups is 2. The summed E-state index contributed by atoms with van der Waals surface area (Å²) in [7, 11) is -4.18. The second kappa shape index (κ2) is 8.03. The van der Waals surface area contributed by atoms with E-state index in [0.29, 0.717) is 30.0 Å². The fraction of sp³-hybridized carbons (Fsp3) is 0.364. The van der Waals surface area contributed by atoms with Gasteiger partial charge >= 0.3 is 0 Å². The lowest BCUT2D eigenvalue weighted by molar-refractivity contribution is -0.140. The number of hydrogen-bond acceptors (Lipinski definition) is 4. The molecule has 9 heteroatoms. The lowest BCUT2D eigenvalue weighted by Crippen LogP contribution is -2.30. The van der Waals surface area contributed by atoms with Crippen molar-refractivity contribution >= 4 is 27.5 Å². The molecule has 2 amide bonds. The van der Waals surface area contributed by atoms with E-state index < -0.39 is 21.7 Å². The molecule has 0 aromatic heterocycles. The van der Waals surface area contributed by atoms with Crippen LogP contribution in [0.1, 0.15) is 36.8 Å². The monoisotopic (exact) mass is 448 g/mol. The third kappa shape index (κ3) is 4.06. The van der Waals surface area contributed by atoms with Gasteiger partial charge in [0.15, 0.2) is 0 Å². The predicted molar refractivity (Wildman–Crippen MR) is 109 cm³/mol. The fourth-order valence-corrected chi connectivity index (χ4v) is 5.74. The molecule has 0 bridgehead atoms. The molecule has 31 heavy (non-hydrogen) atoms. The first kappa shape index (κ1) is 21.4. The second-order valence-corrected chi connectivity index (χ2v) is 9.74. The maximum atomic E-state index is 13.9. The van der Waals surface area contributed by atoms with Gasteiger partial charge < -0.3 is 0 Å². The number of hydrogen-bond donors (Lipinski definition) is 1. The average Bonchev–Trinajstić information content (AvgIpc) is 2.96. The molecule has 1 heterocycles. The Labute approximate surface area is 179 Å². The first-order valence-corrected chi connectivity index (χ1v) is 11.6. The minimum Gasteiger partial charge on any atom is -0.278 e. The van der Waals surface area contributed by atoms with Crippen molar-refractivity contribution in [3.05, 3.63) is 59.2 Å². The predicted octanol–water partition coefficient (Wildman–Crippen LogP) is 3.75. The Morgan fingerprint density at radius 3 is 2.26 bits per heavy atom. The topological polar surface area (TPSA) is 83.6 Å². The number of nitrogens with one attached hydrogen (secondary N) is 1. The van der Waals surface area contributed by atoms with Crippen LogP contribution in [0.2, 0.25) is 0 Å². The largest absolute Gasteiger partial charge is 0.278 e. The van der Waals surface area contributed by atoms with Gasteiger partial charge in [-0.2, -0.15) is 0 Å². The van der Waals surface area contributed by atoms with Crippen LogP contribution in [0.4, 0.5) is 14.5 Å². The van der Waals surface area contributed by atoms with Crippen molar-refractivity contribution in [2.24, 2.45) is 11.8 Å². The maximum Gasteiger partial charge on any atom is 0.262 e. The van der Waals surface area contributed by atoms with Crippen LogP contribution < -0.4 is 4.72 Å². The molecule has 164 valence electrons. The molecular formula is C22H22F2N2O4S. The normalized spacial score (nSPS) is 21.3. The highest BCUT2D eigenvalue weighted by Crippen LogP contribution is 2.38. The van der Waals surface area contributed by atoms with Gasteiger partial charge in [0.05, 0.1) is 29.0 Å². The zero-order valence-electron chi connectivity index (χ0n) is 16.9. The highest BCUT2D eigenvalue weighted by Gasteiger charge is 2.47.